The highest BCUT2D eigenvalue weighted by atomic mass is 16.5. The summed E-state index contributed by atoms with van der Waals surface area (Å²) in [6.07, 6.45) is 6.11. The van der Waals surface area contributed by atoms with Crippen LogP contribution in [0.2, 0.25) is 0 Å². The van der Waals surface area contributed by atoms with Crippen molar-refractivity contribution in [2.45, 2.75) is 45.4 Å². The number of carbonyl (C=O) groups excluding carboxylic acids is 2. The highest BCUT2D eigenvalue weighted by Crippen LogP contribution is 2.26. The molecule has 6 nitrogen and oxygen atoms in total. The Hall–Kier alpha value is -3.80. The van der Waals surface area contributed by atoms with E-state index in [2.05, 4.69) is 10.6 Å². The Morgan fingerprint density at radius 2 is 1.53 bits per heavy atom. The van der Waals surface area contributed by atoms with E-state index < -0.39 is 0 Å². The zero-order valence-electron chi connectivity index (χ0n) is 20.9. The van der Waals surface area contributed by atoms with Crippen LogP contribution in [0.3, 0.4) is 0 Å². The molecule has 0 radical (unpaired) electrons. The van der Waals surface area contributed by atoms with Gasteiger partial charge in [0, 0.05) is 30.4 Å². The highest BCUT2D eigenvalue weighted by Gasteiger charge is 2.21. The van der Waals surface area contributed by atoms with E-state index in [-0.39, 0.29) is 17.9 Å². The van der Waals surface area contributed by atoms with Gasteiger partial charge in [-0.25, -0.2) is 4.79 Å². The molecule has 1 aliphatic rings. The van der Waals surface area contributed by atoms with Crippen molar-refractivity contribution in [1.29, 1.82) is 0 Å². The fourth-order valence-electron chi connectivity index (χ4n) is 4.45. The molecule has 36 heavy (non-hydrogen) atoms. The molecule has 0 spiro atoms. The zero-order valence-corrected chi connectivity index (χ0v) is 20.9. The minimum Gasteiger partial charge on any atom is -0.457 e. The topological polar surface area (TPSA) is 70.7 Å². The first-order valence-electron chi connectivity index (χ1n) is 12.8. The lowest BCUT2D eigenvalue weighted by atomic mass is 9.89. The van der Waals surface area contributed by atoms with Crippen LogP contribution >= 0.6 is 0 Å². The van der Waals surface area contributed by atoms with E-state index in [1.165, 1.54) is 6.42 Å². The second-order valence-electron chi connectivity index (χ2n) is 9.34. The number of benzene rings is 3. The molecule has 4 rings (SSSR count). The first kappa shape index (κ1) is 25.3. The van der Waals surface area contributed by atoms with Gasteiger partial charge in [0.25, 0.3) is 0 Å². The molecule has 3 aromatic carbocycles. The maximum absolute atomic E-state index is 13.2. The number of anilines is 2. The number of nitrogens with zero attached hydrogens (tertiary/aromatic N) is 1. The van der Waals surface area contributed by atoms with Crippen molar-refractivity contribution < 1.29 is 14.3 Å². The second-order valence-corrected chi connectivity index (χ2v) is 9.34. The monoisotopic (exact) mass is 485 g/mol. The van der Waals surface area contributed by atoms with E-state index in [0.717, 1.165) is 48.4 Å². The summed E-state index contributed by atoms with van der Waals surface area (Å²) in [5.41, 5.74) is 2.64. The summed E-state index contributed by atoms with van der Waals surface area (Å²) in [5.74, 6) is 1.74. The van der Waals surface area contributed by atoms with Gasteiger partial charge >= 0.3 is 6.03 Å². The van der Waals surface area contributed by atoms with E-state index in [0.29, 0.717) is 25.3 Å². The number of carbonyl (C=O) groups is 2. The number of urea groups is 1. The molecule has 0 saturated heterocycles. The molecule has 0 aromatic heterocycles. The SMILES string of the molecule is Cc1ccc(NC(=O)N(CCCNC(=O)C2CCCCC2)c2ccc(Oc3ccccc3)cc2)cc1. The minimum absolute atomic E-state index is 0.136. The van der Waals surface area contributed by atoms with Gasteiger partial charge in [-0.2, -0.15) is 0 Å². The molecule has 3 amide bonds. The van der Waals surface area contributed by atoms with Gasteiger partial charge in [-0.15, -0.1) is 0 Å². The number of para-hydroxylation sites is 1. The average molecular weight is 486 g/mol. The molecular weight excluding hydrogens is 450 g/mol. The maximum atomic E-state index is 13.2. The first-order chi connectivity index (χ1) is 17.6. The van der Waals surface area contributed by atoms with Gasteiger partial charge in [0.1, 0.15) is 11.5 Å². The standard InChI is InChI=1S/C30H35N3O3/c1-23-13-15-25(16-14-23)32-30(35)33(22-8-21-31-29(34)24-9-4-2-5-10-24)26-17-19-28(20-18-26)36-27-11-6-3-7-12-27/h3,6-7,11-20,24H,2,4-5,8-10,21-22H2,1H3,(H,31,34)(H,32,35). The maximum Gasteiger partial charge on any atom is 0.326 e. The Balaban J connectivity index is 1.39. The zero-order chi connectivity index (χ0) is 25.2. The minimum atomic E-state index is -0.214. The van der Waals surface area contributed by atoms with Crippen LogP contribution in [0.15, 0.2) is 78.9 Å². The van der Waals surface area contributed by atoms with Gasteiger partial charge in [0.05, 0.1) is 0 Å². The third-order valence-corrected chi connectivity index (χ3v) is 6.51. The van der Waals surface area contributed by atoms with Crippen LogP contribution in [-0.2, 0) is 4.79 Å². The van der Waals surface area contributed by atoms with Crippen molar-refractivity contribution in [3.8, 4) is 11.5 Å². The van der Waals surface area contributed by atoms with Gasteiger partial charge < -0.3 is 15.4 Å². The number of ether oxygens (including phenoxy) is 1. The van der Waals surface area contributed by atoms with Gasteiger partial charge in [-0.05, 0) is 74.7 Å². The van der Waals surface area contributed by atoms with Gasteiger partial charge in [-0.1, -0.05) is 55.2 Å². The number of hydrogen-bond acceptors (Lipinski definition) is 3. The lowest BCUT2D eigenvalue weighted by Gasteiger charge is -2.24. The lowest BCUT2D eigenvalue weighted by Crippen LogP contribution is -2.38. The summed E-state index contributed by atoms with van der Waals surface area (Å²) in [6, 6.07) is 24.6. The number of nitrogens with one attached hydrogen (secondary N) is 2. The number of amides is 3. The summed E-state index contributed by atoms with van der Waals surface area (Å²) >= 11 is 0. The number of hydrogen-bond donors (Lipinski definition) is 2. The molecule has 1 saturated carbocycles. The van der Waals surface area contributed by atoms with Gasteiger partial charge in [0.15, 0.2) is 0 Å². The van der Waals surface area contributed by atoms with Crippen LogP contribution in [0.1, 0.15) is 44.1 Å². The van der Waals surface area contributed by atoms with E-state index >= 15 is 0 Å². The van der Waals surface area contributed by atoms with E-state index in [9.17, 15) is 9.59 Å². The van der Waals surface area contributed by atoms with Gasteiger partial charge in [-0.3, -0.25) is 9.69 Å². The van der Waals surface area contributed by atoms with Crippen LogP contribution in [0, 0.1) is 12.8 Å². The molecule has 1 aliphatic carbocycles. The first-order valence-corrected chi connectivity index (χ1v) is 12.8. The largest absolute Gasteiger partial charge is 0.457 e. The normalized spacial score (nSPS) is 13.6. The molecule has 0 aliphatic heterocycles. The molecule has 0 heterocycles. The molecule has 6 heteroatoms. The van der Waals surface area contributed by atoms with Crippen LogP contribution in [0.5, 0.6) is 11.5 Å². The Morgan fingerprint density at radius 1 is 0.861 bits per heavy atom. The second kappa shape index (κ2) is 12.8. The smallest absolute Gasteiger partial charge is 0.326 e. The summed E-state index contributed by atoms with van der Waals surface area (Å²) in [5, 5.41) is 6.07. The molecule has 3 aromatic rings. The van der Waals surface area contributed by atoms with Crippen molar-refractivity contribution in [2.24, 2.45) is 5.92 Å². The molecule has 1 fully saturated rings. The number of aryl methyl sites for hydroxylation is 1. The van der Waals surface area contributed by atoms with Gasteiger partial charge in [0.2, 0.25) is 5.91 Å². The summed E-state index contributed by atoms with van der Waals surface area (Å²) in [4.78, 5) is 27.4. The fraction of sp³-hybridized carbons (Fsp3) is 0.333. The van der Waals surface area contributed by atoms with E-state index in [4.69, 9.17) is 4.74 Å². The quantitative estimate of drug-likeness (QED) is 0.323. The Labute approximate surface area is 213 Å². The van der Waals surface area contributed by atoms with Crippen molar-refractivity contribution >= 4 is 23.3 Å². The Kier molecular flexibility index (Phi) is 8.98. The summed E-state index contributed by atoms with van der Waals surface area (Å²) in [6.45, 7) is 3.03. The predicted molar refractivity (Wildman–Crippen MR) is 145 cm³/mol. The molecule has 0 atom stereocenters. The molecular formula is C30H35N3O3. The van der Waals surface area contributed by atoms with Crippen LogP contribution in [-0.4, -0.2) is 25.0 Å². The van der Waals surface area contributed by atoms with Crippen molar-refractivity contribution in [2.75, 3.05) is 23.3 Å². The predicted octanol–water partition coefficient (Wildman–Crippen LogP) is 6.91. The third kappa shape index (κ3) is 7.35. The molecule has 0 bridgehead atoms. The average Bonchev–Trinajstić information content (AvgIpc) is 2.91. The van der Waals surface area contributed by atoms with Crippen LogP contribution < -0.4 is 20.3 Å². The van der Waals surface area contributed by atoms with Crippen molar-refractivity contribution in [1.82, 2.24) is 5.32 Å². The summed E-state index contributed by atoms with van der Waals surface area (Å²) in [7, 11) is 0. The highest BCUT2D eigenvalue weighted by molar-refractivity contribution is 6.01. The lowest BCUT2D eigenvalue weighted by molar-refractivity contribution is -0.125. The van der Waals surface area contributed by atoms with Crippen LogP contribution in [0.4, 0.5) is 16.2 Å². The summed E-state index contributed by atoms with van der Waals surface area (Å²) < 4.78 is 5.90. The number of rotatable bonds is 9. The third-order valence-electron chi connectivity index (χ3n) is 6.51. The molecule has 2 N–H and O–H groups in total. The molecule has 0 unspecified atom stereocenters. The van der Waals surface area contributed by atoms with Crippen LogP contribution in [0.25, 0.3) is 0 Å². The fourth-order valence-corrected chi connectivity index (χ4v) is 4.45. The van der Waals surface area contributed by atoms with Crippen molar-refractivity contribution in [3.05, 3.63) is 84.4 Å². The molecule has 188 valence electrons. The Morgan fingerprint density at radius 3 is 2.22 bits per heavy atom. The van der Waals surface area contributed by atoms with Crippen molar-refractivity contribution in [3.63, 3.8) is 0 Å². The van der Waals surface area contributed by atoms with E-state index in [1.807, 2.05) is 85.8 Å². The Bertz CT molecular complexity index is 1110. The van der Waals surface area contributed by atoms with E-state index in [1.54, 1.807) is 4.90 Å².